The highest BCUT2D eigenvalue weighted by Crippen LogP contribution is 2.42. The van der Waals surface area contributed by atoms with E-state index in [2.05, 4.69) is 12.1 Å². The van der Waals surface area contributed by atoms with Gasteiger partial charge in [0, 0.05) is 0 Å². The number of Topliss-reactive ketones (excluding diaryl/α,β-unsaturated/α-hetero) is 1. The van der Waals surface area contributed by atoms with Gasteiger partial charge in [0.25, 0.3) is 0 Å². The van der Waals surface area contributed by atoms with Gasteiger partial charge in [-0.05, 0) is 60.1 Å². The Kier molecular flexibility index (Phi) is 5.22. The highest BCUT2D eigenvalue weighted by Gasteiger charge is 2.46. The summed E-state index contributed by atoms with van der Waals surface area (Å²) in [4.78, 5) is 32.7. The average Bonchev–Trinajstić information content (AvgIpc) is 3.18. The first-order valence-corrected chi connectivity index (χ1v) is 11.5. The first-order chi connectivity index (χ1) is 15.1. The van der Waals surface area contributed by atoms with Gasteiger partial charge >= 0.3 is 0 Å². The fourth-order valence-electron chi connectivity index (χ4n) is 4.68. The third kappa shape index (κ3) is 3.41. The van der Waals surface area contributed by atoms with Gasteiger partial charge in [-0.3, -0.25) is 14.5 Å². The van der Waals surface area contributed by atoms with Crippen molar-refractivity contribution in [3.8, 4) is 11.5 Å². The molecule has 160 valence electrons. The number of rotatable bonds is 4. The molecule has 0 saturated carbocycles. The summed E-state index contributed by atoms with van der Waals surface area (Å²) < 4.78 is 10.8. The minimum atomic E-state index is -0.726. The van der Waals surface area contributed by atoms with E-state index in [4.69, 9.17) is 14.5 Å². The molecule has 2 heterocycles. The summed E-state index contributed by atoms with van der Waals surface area (Å²) in [5.41, 5.74) is 4.29. The molecule has 1 fully saturated rings. The molecule has 3 aliphatic rings. The van der Waals surface area contributed by atoms with E-state index in [0.29, 0.717) is 28.0 Å². The van der Waals surface area contributed by atoms with Crippen molar-refractivity contribution < 1.29 is 19.1 Å². The van der Waals surface area contributed by atoms with Crippen LogP contribution in [-0.2, 0) is 22.4 Å². The molecular formula is C24H24N2O4S. The molecule has 0 bridgehead atoms. The largest absolute Gasteiger partial charge is 0.493 e. The van der Waals surface area contributed by atoms with E-state index in [1.54, 1.807) is 31.3 Å². The van der Waals surface area contributed by atoms with Crippen LogP contribution >= 0.6 is 11.8 Å². The maximum Gasteiger partial charge on any atom is 0.239 e. The highest BCUT2D eigenvalue weighted by atomic mass is 32.2. The Bertz CT molecular complexity index is 1100. The lowest BCUT2D eigenvalue weighted by Crippen LogP contribution is -2.43. The molecule has 6 nitrogen and oxygen atoms in total. The van der Waals surface area contributed by atoms with Crippen LogP contribution < -0.4 is 9.47 Å². The normalized spacial score (nSPS) is 22.6. The van der Waals surface area contributed by atoms with Gasteiger partial charge in [-0.2, -0.15) is 0 Å². The highest BCUT2D eigenvalue weighted by molar-refractivity contribution is 8.15. The van der Waals surface area contributed by atoms with Crippen molar-refractivity contribution in [3.05, 3.63) is 58.7 Å². The number of aryl methyl sites for hydroxylation is 2. The van der Waals surface area contributed by atoms with Gasteiger partial charge in [-0.15, -0.1) is 0 Å². The lowest BCUT2D eigenvalue weighted by Gasteiger charge is -2.34. The molecule has 7 heteroatoms. The van der Waals surface area contributed by atoms with Crippen molar-refractivity contribution in [1.82, 2.24) is 4.90 Å². The quantitative estimate of drug-likeness (QED) is 0.728. The van der Waals surface area contributed by atoms with Gasteiger partial charge < -0.3 is 9.47 Å². The van der Waals surface area contributed by atoms with Crippen molar-refractivity contribution >= 4 is 28.6 Å². The second-order valence-corrected chi connectivity index (χ2v) is 8.96. The smallest absolute Gasteiger partial charge is 0.239 e. The van der Waals surface area contributed by atoms with Crippen LogP contribution in [-0.4, -0.2) is 41.7 Å². The standard InChI is InChI=1S/C24H24N2O4S/c1-29-18-10-9-17(12-19(18)30-2)22-23(28)21(25-24-26(22)20(27)13-31-24)16-8-7-14-5-3-4-6-15(14)11-16/h7-12,21-22H,3-6,13H2,1-2H3. The lowest BCUT2D eigenvalue weighted by atomic mass is 9.86. The van der Waals surface area contributed by atoms with Gasteiger partial charge in [0.15, 0.2) is 22.4 Å². The lowest BCUT2D eigenvalue weighted by molar-refractivity contribution is -0.134. The minimum absolute atomic E-state index is 0.0948. The topological polar surface area (TPSA) is 68.2 Å². The van der Waals surface area contributed by atoms with Crippen LogP contribution in [0.15, 0.2) is 41.4 Å². The van der Waals surface area contributed by atoms with E-state index >= 15 is 0 Å². The number of fused-ring (bicyclic) bond motifs is 2. The molecule has 2 aromatic rings. The fraction of sp³-hybridized carbons (Fsp3) is 0.375. The predicted octanol–water partition coefficient (Wildman–Crippen LogP) is 3.88. The van der Waals surface area contributed by atoms with E-state index < -0.39 is 12.1 Å². The summed E-state index contributed by atoms with van der Waals surface area (Å²) in [6.07, 6.45) is 4.52. The third-order valence-electron chi connectivity index (χ3n) is 6.25. The fourth-order valence-corrected chi connectivity index (χ4v) is 5.59. The molecule has 0 radical (unpaired) electrons. The van der Waals surface area contributed by atoms with Gasteiger partial charge in [-0.25, -0.2) is 4.99 Å². The van der Waals surface area contributed by atoms with Crippen LogP contribution in [0, 0.1) is 0 Å². The Morgan fingerprint density at radius 3 is 2.45 bits per heavy atom. The summed E-state index contributed by atoms with van der Waals surface area (Å²) in [7, 11) is 3.13. The van der Waals surface area contributed by atoms with Crippen LogP contribution in [0.3, 0.4) is 0 Å². The van der Waals surface area contributed by atoms with Gasteiger partial charge in [0.1, 0.15) is 12.1 Å². The SMILES string of the molecule is COc1ccc(C2C(=O)C(c3ccc4c(c3)CCCC4)N=C3SCC(=O)N32)cc1OC. The third-order valence-corrected chi connectivity index (χ3v) is 7.20. The summed E-state index contributed by atoms with van der Waals surface area (Å²) in [5, 5.41) is 0.618. The van der Waals surface area contributed by atoms with E-state index in [-0.39, 0.29) is 11.7 Å². The Hall–Kier alpha value is -2.80. The zero-order valence-electron chi connectivity index (χ0n) is 17.6. The number of carbonyl (C=O) groups is 2. The number of carbonyl (C=O) groups excluding carboxylic acids is 2. The second kappa shape index (κ2) is 8.04. The molecule has 2 atom stereocenters. The molecule has 2 unspecified atom stereocenters. The Balaban J connectivity index is 1.58. The van der Waals surface area contributed by atoms with Crippen LogP contribution in [0.2, 0.25) is 0 Å². The van der Waals surface area contributed by atoms with E-state index in [1.165, 1.54) is 35.7 Å². The number of hydrogen-bond donors (Lipinski definition) is 0. The average molecular weight is 437 g/mol. The number of thioether (sulfide) groups is 1. The summed E-state index contributed by atoms with van der Waals surface area (Å²) in [6, 6.07) is 10.4. The number of nitrogens with zero attached hydrogens (tertiary/aromatic N) is 2. The summed E-state index contributed by atoms with van der Waals surface area (Å²) in [6.45, 7) is 0. The second-order valence-electron chi connectivity index (χ2n) is 8.02. The maximum absolute atomic E-state index is 13.8. The monoisotopic (exact) mass is 436 g/mol. The predicted molar refractivity (Wildman–Crippen MR) is 120 cm³/mol. The molecule has 2 aliphatic heterocycles. The molecule has 5 rings (SSSR count). The number of amides is 1. The van der Waals surface area contributed by atoms with Crippen LogP contribution in [0.4, 0.5) is 0 Å². The Labute approximate surface area is 185 Å². The first-order valence-electron chi connectivity index (χ1n) is 10.5. The molecule has 0 aromatic heterocycles. The zero-order valence-corrected chi connectivity index (χ0v) is 18.4. The molecule has 0 spiro atoms. The molecule has 1 aliphatic carbocycles. The summed E-state index contributed by atoms with van der Waals surface area (Å²) >= 11 is 1.40. The number of ether oxygens (including phenoxy) is 2. The van der Waals surface area contributed by atoms with Crippen molar-refractivity contribution in [2.24, 2.45) is 4.99 Å². The van der Waals surface area contributed by atoms with Gasteiger partial charge in [-0.1, -0.05) is 36.0 Å². The Morgan fingerprint density at radius 1 is 0.935 bits per heavy atom. The summed E-state index contributed by atoms with van der Waals surface area (Å²) in [5.74, 6) is 1.22. The first kappa shape index (κ1) is 20.1. The van der Waals surface area contributed by atoms with E-state index in [1.807, 2.05) is 12.1 Å². The molecular weight excluding hydrogens is 412 g/mol. The molecule has 2 aromatic carbocycles. The van der Waals surface area contributed by atoms with Crippen LogP contribution in [0.25, 0.3) is 0 Å². The molecule has 1 amide bonds. The number of hydrogen-bond acceptors (Lipinski definition) is 6. The number of benzene rings is 2. The number of amidine groups is 1. The van der Waals surface area contributed by atoms with Crippen molar-refractivity contribution in [1.29, 1.82) is 0 Å². The molecule has 31 heavy (non-hydrogen) atoms. The van der Waals surface area contributed by atoms with Gasteiger partial charge in [0.05, 0.1) is 20.0 Å². The maximum atomic E-state index is 13.8. The molecule has 0 N–H and O–H groups in total. The Morgan fingerprint density at radius 2 is 1.68 bits per heavy atom. The van der Waals surface area contributed by atoms with Crippen LogP contribution in [0.5, 0.6) is 11.5 Å². The van der Waals surface area contributed by atoms with Crippen molar-refractivity contribution in [3.63, 3.8) is 0 Å². The number of ketones is 1. The van der Waals surface area contributed by atoms with Crippen molar-refractivity contribution in [2.75, 3.05) is 20.0 Å². The van der Waals surface area contributed by atoms with Gasteiger partial charge in [0.2, 0.25) is 5.91 Å². The van der Waals surface area contributed by atoms with E-state index in [9.17, 15) is 9.59 Å². The minimum Gasteiger partial charge on any atom is -0.493 e. The van der Waals surface area contributed by atoms with Crippen LogP contribution in [0.1, 0.15) is 47.2 Å². The zero-order chi connectivity index (χ0) is 21.5. The number of methoxy groups -OCH3 is 2. The number of aliphatic imine (C=N–C) groups is 1. The van der Waals surface area contributed by atoms with E-state index in [0.717, 1.165) is 18.4 Å². The molecule has 1 saturated heterocycles. The van der Waals surface area contributed by atoms with Crippen molar-refractivity contribution in [2.45, 2.75) is 37.8 Å².